The summed E-state index contributed by atoms with van der Waals surface area (Å²) in [4.78, 5) is 19.2. The number of fused-ring (bicyclic) bond motifs is 1. The van der Waals surface area contributed by atoms with Crippen LogP contribution in [0.1, 0.15) is 10.4 Å². The lowest BCUT2D eigenvalue weighted by Gasteiger charge is -2.04. The fourth-order valence-corrected chi connectivity index (χ4v) is 1.88. The Balaban J connectivity index is 2.19. The number of rotatable bonds is 1. The molecule has 0 radical (unpaired) electrons. The molecular formula is C12H10N4O. The van der Waals surface area contributed by atoms with Gasteiger partial charge in [-0.25, -0.2) is 4.98 Å². The molecule has 3 N–H and O–H groups in total. The second-order valence-corrected chi connectivity index (χ2v) is 3.71. The van der Waals surface area contributed by atoms with Crippen molar-refractivity contribution < 1.29 is 4.79 Å². The van der Waals surface area contributed by atoms with Crippen LogP contribution in [0.15, 0.2) is 42.9 Å². The van der Waals surface area contributed by atoms with Gasteiger partial charge < -0.3 is 10.7 Å². The summed E-state index contributed by atoms with van der Waals surface area (Å²) in [7, 11) is 0. The third-order valence-electron chi connectivity index (χ3n) is 2.71. The minimum atomic E-state index is -0.187. The summed E-state index contributed by atoms with van der Waals surface area (Å²) < 4.78 is 1.33. The van der Waals surface area contributed by atoms with E-state index in [1.165, 1.54) is 10.8 Å². The molecule has 0 aliphatic carbocycles. The van der Waals surface area contributed by atoms with Gasteiger partial charge in [0, 0.05) is 24.0 Å². The molecule has 0 saturated carbocycles. The van der Waals surface area contributed by atoms with E-state index in [0.29, 0.717) is 5.56 Å². The molecule has 2 aromatic heterocycles. The lowest BCUT2D eigenvalue weighted by molar-refractivity contribution is 0.0964. The second-order valence-electron chi connectivity index (χ2n) is 3.71. The van der Waals surface area contributed by atoms with Crippen LogP contribution in [0.2, 0.25) is 0 Å². The average Bonchev–Trinajstić information content (AvgIpc) is 2.95. The molecular weight excluding hydrogens is 216 g/mol. The Bertz CT molecular complexity index is 695. The molecule has 3 rings (SSSR count). The lowest BCUT2D eigenvalue weighted by atomic mass is 10.1. The first kappa shape index (κ1) is 9.65. The number of nitrogens with zero attached hydrogens (tertiary/aromatic N) is 2. The highest BCUT2D eigenvalue weighted by molar-refractivity contribution is 6.07. The molecule has 3 aromatic rings. The van der Waals surface area contributed by atoms with Crippen molar-refractivity contribution in [2.75, 3.05) is 5.73 Å². The number of nitrogens with two attached hydrogens (primary N) is 1. The van der Waals surface area contributed by atoms with Crippen molar-refractivity contribution in [2.45, 2.75) is 0 Å². The number of nitrogens with one attached hydrogen (secondary N) is 1. The van der Waals surface area contributed by atoms with E-state index in [-0.39, 0.29) is 11.9 Å². The van der Waals surface area contributed by atoms with Gasteiger partial charge in [-0.05, 0) is 12.1 Å². The molecule has 0 bridgehead atoms. The highest BCUT2D eigenvalue weighted by atomic mass is 16.2. The number of carbonyl (C=O) groups excluding carboxylic acids is 1. The van der Waals surface area contributed by atoms with E-state index in [2.05, 4.69) is 9.97 Å². The van der Waals surface area contributed by atoms with Crippen molar-refractivity contribution in [3.05, 3.63) is 48.4 Å². The highest BCUT2D eigenvalue weighted by Gasteiger charge is 2.14. The third kappa shape index (κ3) is 1.40. The third-order valence-corrected chi connectivity index (χ3v) is 2.71. The Morgan fingerprint density at radius 3 is 3.00 bits per heavy atom. The Labute approximate surface area is 96.9 Å². The summed E-state index contributed by atoms with van der Waals surface area (Å²) in [5.41, 5.74) is 7.01. The molecule has 5 nitrogen and oxygen atoms in total. The van der Waals surface area contributed by atoms with Gasteiger partial charge in [-0.1, -0.05) is 12.1 Å². The van der Waals surface area contributed by atoms with Crippen LogP contribution in [0.4, 0.5) is 5.95 Å². The monoisotopic (exact) mass is 226 g/mol. The summed E-state index contributed by atoms with van der Waals surface area (Å²) in [6.07, 6.45) is 4.86. The number of aromatic nitrogens is 3. The fourth-order valence-electron chi connectivity index (χ4n) is 1.88. The number of H-pyrrole nitrogens is 1. The van der Waals surface area contributed by atoms with Crippen molar-refractivity contribution >= 4 is 22.8 Å². The van der Waals surface area contributed by atoms with Gasteiger partial charge in [0.15, 0.2) is 0 Å². The molecule has 17 heavy (non-hydrogen) atoms. The molecule has 0 aliphatic rings. The zero-order chi connectivity index (χ0) is 11.8. The molecule has 2 heterocycles. The summed E-state index contributed by atoms with van der Waals surface area (Å²) in [6, 6.07) is 7.47. The Hall–Kier alpha value is -2.56. The van der Waals surface area contributed by atoms with E-state index in [1.807, 2.05) is 18.2 Å². The first-order valence-electron chi connectivity index (χ1n) is 5.17. The maximum absolute atomic E-state index is 12.3. The van der Waals surface area contributed by atoms with Crippen LogP contribution >= 0.6 is 0 Å². The van der Waals surface area contributed by atoms with Gasteiger partial charge in [-0.2, -0.15) is 0 Å². The van der Waals surface area contributed by atoms with Gasteiger partial charge >= 0.3 is 0 Å². The summed E-state index contributed by atoms with van der Waals surface area (Å²) >= 11 is 0. The molecule has 0 atom stereocenters. The van der Waals surface area contributed by atoms with Crippen LogP contribution in [-0.2, 0) is 0 Å². The SMILES string of the molecule is Nc1nccn1C(=O)c1cccc2cc[nH]c12. The molecule has 0 saturated heterocycles. The zero-order valence-corrected chi connectivity index (χ0v) is 8.92. The molecule has 1 aromatic carbocycles. The minimum Gasteiger partial charge on any atom is -0.369 e. The maximum atomic E-state index is 12.3. The van der Waals surface area contributed by atoms with Gasteiger partial charge in [-0.3, -0.25) is 9.36 Å². The standard InChI is InChI=1S/C12H10N4O/c13-12-15-6-7-16(12)11(17)9-3-1-2-8-4-5-14-10(8)9/h1-7,14H,(H2,13,15). The molecule has 5 heteroatoms. The van der Waals surface area contributed by atoms with Gasteiger partial charge in [0.25, 0.3) is 5.91 Å². The second kappa shape index (κ2) is 3.48. The highest BCUT2D eigenvalue weighted by Crippen LogP contribution is 2.18. The smallest absolute Gasteiger partial charge is 0.266 e. The van der Waals surface area contributed by atoms with Crippen LogP contribution in [0.5, 0.6) is 0 Å². The van der Waals surface area contributed by atoms with Gasteiger partial charge in [-0.15, -0.1) is 0 Å². The van der Waals surface area contributed by atoms with Crippen molar-refractivity contribution in [3.63, 3.8) is 0 Å². The topological polar surface area (TPSA) is 76.7 Å². The predicted octanol–water partition coefficient (Wildman–Crippen LogP) is 1.64. The number of benzene rings is 1. The summed E-state index contributed by atoms with van der Waals surface area (Å²) in [5, 5.41) is 0.995. The van der Waals surface area contributed by atoms with E-state index in [1.54, 1.807) is 18.5 Å². The van der Waals surface area contributed by atoms with Gasteiger partial charge in [0.2, 0.25) is 5.95 Å². The molecule has 0 aliphatic heterocycles. The van der Waals surface area contributed by atoms with Crippen molar-refractivity contribution in [3.8, 4) is 0 Å². The zero-order valence-electron chi connectivity index (χ0n) is 8.92. The predicted molar refractivity (Wildman–Crippen MR) is 64.7 cm³/mol. The first-order chi connectivity index (χ1) is 8.27. The lowest BCUT2D eigenvalue weighted by Crippen LogP contribution is -2.14. The molecule has 84 valence electrons. The molecule has 0 fully saturated rings. The van der Waals surface area contributed by atoms with Crippen LogP contribution in [-0.4, -0.2) is 20.4 Å². The Kier molecular flexibility index (Phi) is 1.98. The van der Waals surface area contributed by atoms with Gasteiger partial charge in [0.05, 0.1) is 11.1 Å². The van der Waals surface area contributed by atoms with E-state index in [0.717, 1.165) is 10.9 Å². The van der Waals surface area contributed by atoms with Crippen molar-refractivity contribution in [2.24, 2.45) is 0 Å². The van der Waals surface area contributed by atoms with E-state index >= 15 is 0 Å². The van der Waals surface area contributed by atoms with Crippen LogP contribution in [0.25, 0.3) is 10.9 Å². The van der Waals surface area contributed by atoms with E-state index in [9.17, 15) is 4.79 Å². The normalized spacial score (nSPS) is 10.8. The van der Waals surface area contributed by atoms with E-state index in [4.69, 9.17) is 5.73 Å². The molecule has 0 amide bonds. The number of anilines is 1. The largest absolute Gasteiger partial charge is 0.369 e. The minimum absolute atomic E-state index is 0.187. The molecule has 0 spiro atoms. The van der Waals surface area contributed by atoms with E-state index < -0.39 is 0 Å². The van der Waals surface area contributed by atoms with Crippen LogP contribution in [0.3, 0.4) is 0 Å². The summed E-state index contributed by atoms with van der Waals surface area (Å²) in [5.74, 6) is 0.00612. The van der Waals surface area contributed by atoms with Crippen molar-refractivity contribution in [1.82, 2.24) is 14.5 Å². The van der Waals surface area contributed by atoms with Crippen LogP contribution < -0.4 is 5.73 Å². The fraction of sp³-hybridized carbons (Fsp3) is 0. The number of imidazole rings is 1. The number of para-hydroxylation sites is 1. The molecule has 0 unspecified atom stereocenters. The number of carbonyl (C=O) groups is 1. The summed E-state index contributed by atoms with van der Waals surface area (Å²) in [6.45, 7) is 0. The van der Waals surface area contributed by atoms with Crippen molar-refractivity contribution in [1.29, 1.82) is 0 Å². The number of aromatic amines is 1. The quantitative estimate of drug-likeness (QED) is 0.662. The average molecular weight is 226 g/mol. The number of hydrogen-bond acceptors (Lipinski definition) is 3. The Morgan fingerprint density at radius 2 is 2.24 bits per heavy atom. The van der Waals surface area contributed by atoms with Gasteiger partial charge in [0.1, 0.15) is 0 Å². The number of hydrogen-bond donors (Lipinski definition) is 2. The maximum Gasteiger partial charge on any atom is 0.266 e. The Morgan fingerprint density at radius 1 is 1.35 bits per heavy atom. The first-order valence-corrected chi connectivity index (χ1v) is 5.17. The number of nitrogen functional groups attached to an aromatic ring is 1. The van der Waals surface area contributed by atoms with Crippen LogP contribution in [0, 0.1) is 0 Å².